The van der Waals surface area contributed by atoms with Crippen LogP contribution in [0.1, 0.15) is 18.1 Å². The summed E-state index contributed by atoms with van der Waals surface area (Å²) in [6, 6.07) is 15.2. The van der Waals surface area contributed by atoms with E-state index < -0.39 is 36.2 Å². The summed E-state index contributed by atoms with van der Waals surface area (Å²) < 4.78 is 5.05. The molecule has 0 aromatic heterocycles. The summed E-state index contributed by atoms with van der Waals surface area (Å²) in [5, 5.41) is 23.9. The molecular weight excluding hydrogens is 376 g/mol. The van der Waals surface area contributed by atoms with Gasteiger partial charge in [0.1, 0.15) is 18.7 Å². The fourth-order valence-electron chi connectivity index (χ4n) is 2.61. The standard InChI is InChI=1S/C21H24N2O6/c1-14(24)18(23-21(28)29-13-16-10-6-3-7-11-16)19(25)22-17(20(26)27)12-15-8-4-2-5-9-15/h2-11,14,17-18,24H,12-13H2,1H3,(H,22,25)(H,23,28)(H,26,27)/t14-,17+,18+/m0/s1. The normalized spacial score (nSPS) is 13.6. The number of aliphatic carboxylic acids is 1. The summed E-state index contributed by atoms with van der Waals surface area (Å²) in [5.74, 6) is -2.04. The van der Waals surface area contributed by atoms with Gasteiger partial charge in [0.2, 0.25) is 5.91 Å². The van der Waals surface area contributed by atoms with Crippen molar-refractivity contribution in [3.8, 4) is 0 Å². The smallest absolute Gasteiger partial charge is 0.408 e. The van der Waals surface area contributed by atoms with E-state index in [4.69, 9.17) is 4.74 Å². The number of benzene rings is 2. The van der Waals surface area contributed by atoms with Gasteiger partial charge < -0.3 is 25.6 Å². The number of hydrogen-bond acceptors (Lipinski definition) is 5. The highest BCUT2D eigenvalue weighted by molar-refractivity contribution is 5.89. The highest BCUT2D eigenvalue weighted by Gasteiger charge is 2.30. The SMILES string of the molecule is C[C@H](O)[C@@H](NC(=O)OCc1ccccc1)C(=O)N[C@H](Cc1ccccc1)C(=O)O. The van der Waals surface area contributed by atoms with Crippen molar-refractivity contribution >= 4 is 18.0 Å². The summed E-state index contributed by atoms with van der Waals surface area (Å²) in [7, 11) is 0. The zero-order valence-electron chi connectivity index (χ0n) is 15.9. The Balaban J connectivity index is 1.96. The van der Waals surface area contributed by atoms with Crippen LogP contribution in [0.5, 0.6) is 0 Å². The minimum absolute atomic E-state index is 0.00736. The number of carboxylic acid groups (broad SMARTS) is 1. The number of nitrogens with one attached hydrogen (secondary N) is 2. The predicted octanol–water partition coefficient (Wildman–Crippen LogP) is 1.47. The lowest BCUT2D eigenvalue weighted by atomic mass is 10.0. The third-order valence-corrected chi connectivity index (χ3v) is 4.15. The van der Waals surface area contributed by atoms with Gasteiger partial charge in [0.25, 0.3) is 0 Å². The second kappa shape index (κ2) is 10.8. The van der Waals surface area contributed by atoms with Crippen LogP contribution in [-0.2, 0) is 27.4 Å². The topological polar surface area (TPSA) is 125 Å². The first-order valence-corrected chi connectivity index (χ1v) is 9.09. The third kappa shape index (κ3) is 7.27. The number of aliphatic hydroxyl groups excluding tert-OH is 1. The Kier molecular flexibility index (Phi) is 8.17. The summed E-state index contributed by atoms with van der Waals surface area (Å²) in [4.78, 5) is 36.0. The minimum Gasteiger partial charge on any atom is -0.480 e. The average Bonchev–Trinajstić information content (AvgIpc) is 2.71. The van der Waals surface area contributed by atoms with Crippen LogP contribution >= 0.6 is 0 Å². The molecule has 0 bridgehead atoms. The summed E-state index contributed by atoms with van der Waals surface area (Å²) >= 11 is 0. The molecule has 3 atom stereocenters. The van der Waals surface area contributed by atoms with Gasteiger partial charge in [-0.1, -0.05) is 60.7 Å². The zero-order valence-corrected chi connectivity index (χ0v) is 15.9. The van der Waals surface area contributed by atoms with Gasteiger partial charge in [-0.25, -0.2) is 9.59 Å². The van der Waals surface area contributed by atoms with Crippen molar-refractivity contribution in [2.75, 3.05) is 0 Å². The van der Waals surface area contributed by atoms with Crippen molar-refractivity contribution in [2.45, 2.75) is 38.1 Å². The largest absolute Gasteiger partial charge is 0.480 e. The van der Waals surface area contributed by atoms with Crippen molar-refractivity contribution in [3.63, 3.8) is 0 Å². The number of ether oxygens (including phenoxy) is 1. The van der Waals surface area contributed by atoms with Crippen molar-refractivity contribution in [1.82, 2.24) is 10.6 Å². The highest BCUT2D eigenvalue weighted by atomic mass is 16.5. The van der Waals surface area contributed by atoms with Crippen LogP contribution in [0.15, 0.2) is 60.7 Å². The molecular formula is C21H24N2O6. The molecule has 0 aliphatic rings. The number of alkyl carbamates (subject to hydrolysis) is 1. The number of carbonyl (C=O) groups is 3. The van der Waals surface area contributed by atoms with Crippen molar-refractivity contribution in [2.24, 2.45) is 0 Å². The van der Waals surface area contributed by atoms with E-state index in [-0.39, 0.29) is 13.0 Å². The van der Waals surface area contributed by atoms with E-state index in [1.807, 2.05) is 6.07 Å². The number of rotatable bonds is 9. The van der Waals surface area contributed by atoms with Gasteiger partial charge in [0.05, 0.1) is 6.10 Å². The highest BCUT2D eigenvalue weighted by Crippen LogP contribution is 2.05. The van der Waals surface area contributed by atoms with Crippen LogP contribution in [0, 0.1) is 0 Å². The second-order valence-corrected chi connectivity index (χ2v) is 6.51. The fraction of sp³-hybridized carbons (Fsp3) is 0.286. The van der Waals surface area contributed by atoms with Gasteiger partial charge in [-0.05, 0) is 18.1 Å². The van der Waals surface area contributed by atoms with E-state index in [1.54, 1.807) is 54.6 Å². The van der Waals surface area contributed by atoms with E-state index >= 15 is 0 Å². The molecule has 29 heavy (non-hydrogen) atoms. The Labute approximate surface area is 168 Å². The molecule has 0 unspecified atom stereocenters. The molecule has 2 amide bonds. The molecule has 0 fully saturated rings. The molecule has 0 spiro atoms. The predicted molar refractivity (Wildman–Crippen MR) is 105 cm³/mol. The van der Waals surface area contributed by atoms with Crippen LogP contribution in [-0.4, -0.2) is 46.4 Å². The van der Waals surface area contributed by atoms with E-state index in [0.717, 1.165) is 11.1 Å². The van der Waals surface area contributed by atoms with Gasteiger partial charge in [-0.2, -0.15) is 0 Å². The van der Waals surface area contributed by atoms with Crippen LogP contribution in [0.3, 0.4) is 0 Å². The number of amides is 2. The molecule has 8 nitrogen and oxygen atoms in total. The Morgan fingerprint density at radius 1 is 0.931 bits per heavy atom. The molecule has 0 saturated heterocycles. The van der Waals surface area contributed by atoms with E-state index in [9.17, 15) is 24.6 Å². The van der Waals surface area contributed by atoms with Crippen molar-refractivity contribution in [3.05, 3.63) is 71.8 Å². The molecule has 0 heterocycles. The zero-order chi connectivity index (χ0) is 21.2. The third-order valence-electron chi connectivity index (χ3n) is 4.15. The lowest BCUT2D eigenvalue weighted by Gasteiger charge is -2.23. The van der Waals surface area contributed by atoms with Crippen molar-refractivity contribution in [1.29, 1.82) is 0 Å². The number of carbonyl (C=O) groups excluding carboxylic acids is 2. The maximum Gasteiger partial charge on any atom is 0.408 e. The molecule has 0 aliphatic carbocycles. The van der Waals surface area contributed by atoms with Crippen LogP contribution in [0.4, 0.5) is 4.79 Å². The molecule has 8 heteroatoms. The maximum atomic E-state index is 12.5. The molecule has 2 aromatic carbocycles. The molecule has 0 aliphatic heterocycles. The first-order valence-electron chi connectivity index (χ1n) is 9.09. The van der Waals surface area contributed by atoms with Gasteiger partial charge in [-0.15, -0.1) is 0 Å². The lowest BCUT2D eigenvalue weighted by Crippen LogP contribution is -2.56. The van der Waals surface area contributed by atoms with E-state index in [0.29, 0.717) is 0 Å². The number of aliphatic hydroxyl groups is 1. The molecule has 154 valence electrons. The van der Waals surface area contributed by atoms with Crippen LogP contribution in [0.25, 0.3) is 0 Å². The van der Waals surface area contributed by atoms with E-state index in [2.05, 4.69) is 10.6 Å². The quantitative estimate of drug-likeness (QED) is 0.505. The monoisotopic (exact) mass is 400 g/mol. The lowest BCUT2D eigenvalue weighted by molar-refractivity contribution is -0.142. The van der Waals surface area contributed by atoms with Crippen molar-refractivity contribution < 1.29 is 29.3 Å². The van der Waals surface area contributed by atoms with Gasteiger partial charge in [0, 0.05) is 6.42 Å². The van der Waals surface area contributed by atoms with E-state index in [1.165, 1.54) is 6.92 Å². The summed E-state index contributed by atoms with van der Waals surface area (Å²) in [5.41, 5.74) is 1.48. The Hall–Kier alpha value is -3.39. The Morgan fingerprint density at radius 3 is 2.00 bits per heavy atom. The first kappa shape index (κ1) is 21.9. The van der Waals surface area contributed by atoms with Crippen LogP contribution < -0.4 is 10.6 Å². The summed E-state index contributed by atoms with van der Waals surface area (Å²) in [6.45, 7) is 1.31. The number of hydrogen-bond donors (Lipinski definition) is 4. The summed E-state index contributed by atoms with van der Waals surface area (Å²) in [6.07, 6.45) is -2.09. The molecule has 2 rings (SSSR count). The van der Waals surface area contributed by atoms with Gasteiger partial charge in [-0.3, -0.25) is 4.79 Å². The molecule has 2 aromatic rings. The van der Waals surface area contributed by atoms with Crippen LogP contribution in [0.2, 0.25) is 0 Å². The molecule has 4 N–H and O–H groups in total. The number of carboxylic acids is 1. The van der Waals surface area contributed by atoms with Gasteiger partial charge >= 0.3 is 12.1 Å². The minimum atomic E-state index is -1.36. The molecule has 0 radical (unpaired) electrons. The molecule has 0 saturated carbocycles. The van der Waals surface area contributed by atoms with Gasteiger partial charge in [0.15, 0.2) is 0 Å². The average molecular weight is 400 g/mol. The Morgan fingerprint density at radius 2 is 1.48 bits per heavy atom. The Bertz CT molecular complexity index is 810. The first-order chi connectivity index (χ1) is 13.9. The maximum absolute atomic E-state index is 12.5. The second-order valence-electron chi connectivity index (χ2n) is 6.51. The fourth-order valence-corrected chi connectivity index (χ4v) is 2.61.